The number of aromatic nitrogens is 1. The van der Waals surface area contributed by atoms with Crippen LogP contribution < -0.4 is 5.73 Å². The molecule has 1 unspecified atom stereocenters. The minimum atomic E-state index is -0.596. The molecule has 2 heterocycles. The minimum absolute atomic E-state index is 0.0619. The van der Waals surface area contributed by atoms with Gasteiger partial charge in [-0.15, -0.1) is 11.3 Å². The van der Waals surface area contributed by atoms with Crippen LogP contribution in [0.1, 0.15) is 30.5 Å². The zero-order valence-electron chi connectivity index (χ0n) is 11.7. The number of carbonyl (C=O) groups is 1. The summed E-state index contributed by atoms with van der Waals surface area (Å²) in [6, 6.07) is 8.99. The third-order valence-corrected chi connectivity index (χ3v) is 4.04. The van der Waals surface area contributed by atoms with Gasteiger partial charge in [-0.25, -0.2) is 0 Å². The molecule has 0 bridgehead atoms. The van der Waals surface area contributed by atoms with Gasteiger partial charge in [-0.1, -0.05) is 12.1 Å². The third kappa shape index (κ3) is 3.43. The van der Waals surface area contributed by atoms with E-state index in [9.17, 15) is 4.79 Å². The van der Waals surface area contributed by atoms with E-state index in [0.29, 0.717) is 6.54 Å². The molecule has 2 rings (SSSR count). The highest BCUT2D eigenvalue weighted by atomic mass is 32.1. The van der Waals surface area contributed by atoms with Gasteiger partial charge in [0.25, 0.3) is 0 Å². The van der Waals surface area contributed by atoms with Crippen LogP contribution in [-0.2, 0) is 11.3 Å². The first-order valence-corrected chi connectivity index (χ1v) is 7.47. The van der Waals surface area contributed by atoms with Crippen LogP contribution in [0.15, 0.2) is 41.9 Å². The van der Waals surface area contributed by atoms with E-state index in [1.165, 1.54) is 11.3 Å². The molecule has 0 spiro atoms. The molecular formula is C15H19N3OS. The fraction of sp³-hybridized carbons (Fsp3) is 0.333. The smallest absolute Gasteiger partial charge is 0.245 e. The van der Waals surface area contributed by atoms with Gasteiger partial charge in [-0.3, -0.25) is 9.78 Å². The summed E-state index contributed by atoms with van der Waals surface area (Å²) in [6.45, 7) is 4.46. The average Bonchev–Trinajstić information content (AvgIpc) is 2.98. The zero-order valence-corrected chi connectivity index (χ0v) is 12.5. The van der Waals surface area contributed by atoms with E-state index in [1.54, 1.807) is 11.1 Å². The van der Waals surface area contributed by atoms with Crippen LogP contribution in [0, 0.1) is 0 Å². The fourth-order valence-electron chi connectivity index (χ4n) is 1.95. The lowest BCUT2D eigenvalue weighted by Crippen LogP contribution is -2.42. The molecule has 106 valence electrons. The lowest BCUT2D eigenvalue weighted by atomic mass is 10.1. The van der Waals surface area contributed by atoms with Crippen LogP contribution in [0.4, 0.5) is 0 Å². The first-order valence-electron chi connectivity index (χ1n) is 6.59. The van der Waals surface area contributed by atoms with Gasteiger partial charge in [0.2, 0.25) is 5.91 Å². The summed E-state index contributed by atoms with van der Waals surface area (Å²) in [7, 11) is 0. The predicted molar refractivity (Wildman–Crippen MR) is 81.2 cm³/mol. The number of amides is 1. The number of nitrogens with zero attached hydrogens (tertiary/aromatic N) is 2. The lowest BCUT2D eigenvalue weighted by molar-refractivity contribution is -0.135. The molecule has 1 amide bonds. The molecule has 2 aromatic rings. The number of hydrogen-bond acceptors (Lipinski definition) is 4. The summed E-state index contributed by atoms with van der Waals surface area (Å²) < 4.78 is 0. The number of carbonyl (C=O) groups excluding carboxylic acids is 1. The Morgan fingerprint density at radius 2 is 2.15 bits per heavy atom. The van der Waals surface area contributed by atoms with E-state index in [0.717, 1.165) is 10.6 Å². The quantitative estimate of drug-likeness (QED) is 0.920. The van der Waals surface area contributed by atoms with Crippen molar-refractivity contribution < 1.29 is 4.79 Å². The minimum Gasteiger partial charge on any atom is -0.333 e. The number of pyridine rings is 1. The highest BCUT2D eigenvalue weighted by Crippen LogP contribution is 2.20. The van der Waals surface area contributed by atoms with Crippen LogP contribution >= 0.6 is 11.3 Å². The molecule has 2 N–H and O–H groups in total. The van der Waals surface area contributed by atoms with Crippen LogP contribution in [-0.4, -0.2) is 21.8 Å². The summed E-state index contributed by atoms with van der Waals surface area (Å²) in [5, 5.41) is 1.93. The second kappa shape index (κ2) is 6.63. The molecular weight excluding hydrogens is 270 g/mol. The van der Waals surface area contributed by atoms with Crippen molar-refractivity contribution in [3.8, 4) is 0 Å². The van der Waals surface area contributed by atoms with E-state index in [2.05, 4.69) is 4.98 Å². The van der Waals surface area contributed by atoms with Gasteiger partial charge in [-0.2, -0.15) is 0 Å². The van der Waals surface area contributed by atoms with E-state index >= 15 is 0 Å². The Kier molecular flexibility index (Phi) is 4.87. The molecule has 0 saturated carbocycles. The SMILES string of the molecule is CC(C)N(Cc1ccccn1)C(=O)C(N)c1cccs1. The molecule has 0 aliphatic rings. The molecule has 2 aromatic heterocycles. The molecule has 4 nitrogen and oxygen atoms in total. The first-order chi connectivity index (χ1) is 9.59. The number of hydrogen-bond donors (Lipinski definition) is 1. The molecule has 0 radical (unpaired) electrons. The van der Waals surface area contributed by atoms with Gasteiger partial charge in [0, 0.05) is 17.1 Å². The van der Waals surface area contributed by atoms with E-state index in [-0.39, 0.29) is 11.9 Å². The van der Waals surface area contributed by atoms with E-state index in [1.807, 2.05) is 49.6 Å². The highest BCUT2D eigenvalue weighted by molar-refractivity contribution is 7.10. The summed E-state index contributed by atoms with van der Waals surface area (Å²) in [4.78, 5) is 19.5. The van der Waals surface area contributed by atoms with Crippen LogP contribution in [0.25, 0.3) is 0 Å². The van der Waals surface area contributed by atoms with Crippen molar-refractivity contribution in [2.24, 2.45) is 5.73 Å². The largest absolute Gasteiger partial charge is 0.333 e. The summed E-state index contributed by atoms with van der Waals surface area (Å²) in [5.74, 6) is -0.0619. The van der Waals surface area contributed by atoms with Gasteiger partial charge in [0.05, 0.1) is 12.2 Å². The molecule has 5 heteroatoms. The van der Waals surface area contributed by atoms with Crippen LogP contribution in [0.3, 0.4) is 0 Å². The summed E-state index contributed by atoms with van der Waals surface area (Å²) in [6.07, 6.45) is 1.73. The number of thiophene rings is 1. The van der Waals surface area contributed by atoms with Crippen molar-refractivity contribution in [3.05, 3.63) is 52.5 Å². The second-order valence-corrected chi connectivity index (χ2v) is 5.85. The van der Waals surface area contributed by atoms with Crippen LogP contribution in [0.2, 0.25) is 0 Å². The normalized spacial score (nSPS) is 12.4. The Hall–Kier alpha value is -1.72. The van der Waals surface area contributed by atoms with Gasteiger partial charge >= 0.3 is 0 Å². The monoisotopic (exact) mass is 289 g/mol. The molecule has 0 aliphatic heterocycles. The number of rotatable bonds is 5. The maximum Gasteiger partial charge on any atom is 0.245 e. The lowest BCUT2D eigenvalue weighted by Gasteiger charge is -2.28. The Morgan fingerprint density at radius 3 is 2.70 bits per heavy atom. The molecule has 0 aromatic carbocycles. The van der Waals surface area contributed by atoms with Crippen molar-refractivity contribution >= 4 is 17.2 Å². The van der Waals surface area contributed by atoms with Gasteiger partial charge in [-0.05, 0) is 37.4 Å². The second-order valence-electron chi connectivity index (χ2n) is 4.87. The van der Waals surface area contributed by atoms with Crippen molar-refractivity contribution in [2.75, 3.05) is 0 Å². The van der Waals surface area contributed by atoms with E-state index in [4.69, 9.17) is 5.73 Å². The van der Waals surface area contributed by atoms with Crippen molar-refractivity contribution in [3.63, 3.8) is 0 Å². The fourth-order valence-corrected chi connectivity index (χ4v) is 2.67. The Morgan fingerprint density at radius 1 is 1.35 bits per heavy atom. The van der Waals surface area contributed by atoms with Crippen molar-refractivity contribution in [1.29, 1.82) is 0 Å². The molecule has 1 atom stereocenters. The highest BCUT2D eigenvalue weighted by Gasteiger charge is 2.25. The molecule has 20 heavy (non-hydrogen) atoms. The Bertz CT molecular complexity index is 540. The van der Waals surface area contributed by atoms with Crippen molar-refractivity contribution in [1.82, 2.24) is 9.88 Å². The number of nitrogens with two attached hydrogens (primary N) is 1. The third-order valence-electron chi connectivity index (χ3n) is 3.08. The van der Waals surface area contributed by atoms with Gasteiger partial charge in [0.15, 0.2) is 0 Å². The maximum atomic E-state index is 12.6. The van der Waals surface area contributed by atoms with E-state index < -0.39 is 6.04 Å². The Labute approximate surface area is 123 Å². The van der Waals surface area contributed by atoms with Gasteiger partial charge < -0.3 is 10.6 Å². The van der Waals surface area contributed by atoms with Crippen LogP contribution in [0.5, 0.6) is 0 Å². The molecule has 0 aliphatic carbocycles. The van der Waals surface area contributed by atoms with Gasteiger partial charge in [0.1, 0.15) is 6.04 Å². The molecule has 0 fully saturated rings. The zero-order chi connectivity index (χ0) is 14.5. The summed E-state index contributed by atoms with van der Waals surface area (Å²) in [5.41, 5.74) is 6.94. The standard InChI is InChI=1S/C15H19N3OS/c1-11(2)18(10-12-6-3-4-8-17-12)15(19)14(16)13-7-5-9-20-13/h3-9,11,14H,10,16H2,1-2H3. The topological polar surface area (TPSA) is 59.2 Å². The predicted octanol–water partition coefficient (Wildman–Crippen LogP) is 2.58. The summed E-state index contributed by atoms with van der Waals surface area (Å²) >= 11 is 1.51. The van der Waals surface area contributed by atoms with Crippen molar-refractivity contribution in [2.45, 2.75) is 32.5 Å². The maximum absolute atomic E-state index is 12.6. The Balaban J connectivity index is 2.14. The average molecular weight is 289 g/mol. The first kappa shape index (κ1) is 14.7. The molecule has 0 saturated heterocycles.